The van der Waals surface area contributed by atoms with Gasteiger partial charge < -0.3 is 19.7 Å². The molecule has 2 aromatic rings. The number of amides is 1. The molecule has 7 heteroatoms. The molecule has 1 fully saturated rings. The second kappa shape index (κ2) is 8.73. The number of rotatable bonds is 6. The molecule has 0 spiro atoms. The number of pyridine rings is 2. The van der Waals surface area contributed by atoms with Gasteiger partial charge in [-0.3, -0.25) is 9.78 Å². The number of carbonyl (C=O) groups excluding carboxylic acids is 1. The van der Waals surface area contributed by atoms with Crippen LogP contribution in [-0.4, -0.2) is 55.3 Å². The Morgan fingerprint density at radius 2 is 2.19 bits per heavy atom. The number of ether oxygens (including phenoxy) is 2. The van der Waals surface area contributed by atoms with Gasteiger partial charge in [0.25, 0.3) is 5.91 Å². The van der Waals surface area contributed by atoms with Gasteiger partial charge in [0.2, 0.25) is 0 Å². The average Bonchev–Trinajstić information content (AvgIpc) is 2.68. The van der Waals surface area contributed by atoms with E-state index in [4.69, 9.17) is 9.47 Å². The first-order valence-electron chi connectivity index (χ1n) is 8.67. The summed E-state index contributed by atoms with van der Waals surface area (Å²) < 4.78 is 11.5. The highest BCUT2D eigenvalue weighted by Gasteiger charge is 2.28. The summed E-state index contributed by atoms with van der Waals surface area (Å²) >= 11 is 0. The molecule has 3 heterocycles. The molecule has 26 heavy (non-hydrogen) atoms. The molecule has 1 amide bonds. The van der Waals surface area contributed by atoms with Crippen LogP contribution in [0, 0.1) is 0 Å². The highest BCUT2D eigenvalue weighted by Crippen LogP contribution is 2.15. The summed E-state index contributed by atoms with van der Waals surface area (Å²) in [6.07, 6.45) is 3.95. The van der Waals surface area contributed by atoms with Crippen molar-refractivity contribution in [2.75, 3.05) is 32.2 Å². The van der Waals surface area contributed by atoms with Crippen LogP contribution >= 0.6 is 0 Å². The van der Waals surface area contributed by atoms with Gasteiger partial charge >= 0.3 is 0 Å². The molecule has 7 nitrogen and oxygen atoms in total. The molecule has 0 unspecified atom stereocenters. The Balaban J connectivity index is 1.59. The molecule has 0 bridgehead atoms. The summed E-state index contributed by atoms with van der Waals surface area (Å²) in [5, 5.41) is 3.01. The van der Waals surface area contributed by atoms with E-state index in [1.807, 2.05) is 43.3 Å². The third-order valence-electron chi connectivity index (χ3n) is 4.25. The average molecular weight is 356 g/mol. The Bertz CT molecular complexity index is 706. The number of aromatic nitrogens is 2. The van der Waals surface area contributed by atoms with E-state index in [0.29, 0.717) is 25.4 Å². The zero-order valence-electron chi connectivity index (χ0n) is 15.1. The third kappa shape index (κ3) is 4.77. The van der Waals surface area contributed by atoms with Gasteiger partial charge in [0, 0.05) is 33.1 Å². The molecule has 0 aromatic carbocycles. The van der Waals surface area contributed by atoms with E-state index in [2.05, 4.69) is 15.3 Å². The second-order valence-corrected chi connectivity index (χ2v) is 6.41. The van der Waals surface area contributed by atoms with Crippen LogP contribution in [0.3, 0.4) is 0 Å². The summed E-state index contributed by atoms with van der Waals surface area (Å²) in [5.74, 6) is 0.629. The monoisotopic (exact) mass is 356 g/mol. The molecule has 138 valence electrons. The summed E-state index contributed by atoms with van der Waals surface area (Å²) in [5.41, 5.74) is 1.39. The predicted molar refractivity (Wildman–Crippen MR) is 98.1 cm³/mol. The minimum Gasteiger partial charge on any atom is -0.379 e. The van der Waals surface area contributed by atoms with E-state index in [1.54, 1.807) is 18.5 Å². The van der Waals surface area contributed by atoms with Crippen LogP contribution in [0.15, 0.2) is 42.7 Å². The van der Waals surface area contributed by atoms with Crippen LogP contribution < -0.4 is 10.2 Å². The maximum atomic E-state index is 12.5. The van der Waals surface area contributed by atoms with Crippen molar-refractivity contribution in [1.82, 2.24) is 15.3 Å². The molecule has 2 aromatic heterocycles. The molecule has 0 aliphatic carbocycles. The van der Waals surface area contributed by atoms with E-state index in [1.165, 1.54) is 0 Å². The SMILES string of the molecule is CN(C)c1ccc(C(=O)N[C@@H]2COCC[C@H]2OCc2ccccn2)cn1. The predicted octanol–water partition coefficient (Wildman–Crippen LogP) is 1.65. The smallest absolute Gasteiger partial charge is 0.253 e. The molecular formula is C19H24N4O3. The molecule has 0 saturated carbocycles. The van der Waals surface area contributed by atoms with Crippen molar-refractivity contribution in [1.29, 1.82) is 0 Å². The highest BCUT2D eigenvalue weighted by atomic mass is 16.5. The zero-order valence-corrected chi connectivity index (χ0v) is 15.1. The quantitative estimate of drug-likeness (QED) is 0.848. The van der Waals surface area contributed by atoms with Crippen molar-refractivity contribution >= 4 is 11.7 Å². The number of hydrogen-bond donors (Lipinski definition) is 1. The number of hydrogen-bond acceptors (Lipinski definition) is 6. The fourth-order valence-electron chi connectivity index (χ4n) is 2.76. The first-order valence-corrected chi connectivity index (χ1v) is 8.67. The Kier molecular flexibility index (Phi) is 6.14. The van der Waals surface area contributed by atoms with E-state index in [0.717, 1.165) is 17.9 Å². The highest BCUT2D eigenvalue weighted by molar-refractivity contribution is 5.94. The van der Waals surface area contributed by atoms with Gasteiger partial charge in [-0.15, -0.1) is 0 Å². The summed E-state index contributed by atoms with van der Waals surface area (Å²) in [7, 11) is 3.82. The lowest BCUT2D eigenvalue weighted by Gasteiger charge is -2.32. The van der Waals surface area contributed by atoms with Gasteiger partial charge in [-0.2, -0.15) is 0 Å². The van der Waals surface area contributed by atoms with Crippen LogP contribution in [0.2, 0.25) is 0 Å². The molecule has 3 rings (SSSR count). The molecular weight excluding hydrogens is 332 g/mol. The van der Waals surface area contributed by atoms with Gasteiger partial charge in [0.1, 0.15) is 5.82 Å². The van der Waals surface area contributed by atoms with E-state index >= 15 is 0 Å². The Morgan fingerprint density at radius 3 is 2.88 bits per heavy atom. The van der Waals surface area contributed by atoms with Gasteiger partial charge in [-0.1, -0.05) is 6.07 Å². The van der Waals surface area contributed by atoms with Crippen LogP contribution in [0.25, 0.3) is 0 Å². The van der Waals surface area contributed by atoms with Crippen molar-refractivity contribution in [3.63, 3.8) is 0 Å². The summed E-state index contributed by atoms with van der Waals surface area (Å²) in [6.45, 7) is 1.47. The number of nitrogens with one attached hydrogen (secondary N) is 1. The number of anilines is 1. The van der Waals surface area contributed by atoms with E-state index in [9.17, 15) is 4.79 Å². The standard InChI is InChI=1S/C19H24N4O3/c1-23(2)18-7-6-14(11-21-18)19(24)22-16-13-25-10-8-17(16)26-12-15-5-3-4-9-20-15/h3-7,9,11,16-17H,8,10,12-13H2,1-2H3,(H,22,24)/t16-,17-/m1/s1. The van der Waals surface area contributed by atoms with Crippen LogP contribution in [0.4, 0.5) is 5.82 Å². The van der Waals surface area contributed by atoms with Crippen molar-refractivity contribution in [3.05, 3.63) is 54.0 Å². The second-order valence-electron chi connectivity index (χ2n) is 6.41. The van der Waals surface area contributed by atoms with Gasteiger partial charge in [-0.05, 0) is 30.7 Å². The van der Waals surface area contributed by atoms with Crippen LogP contribution in [0.5, 0.6) is 0 Å². The van der Waals surface area contributed by atoms with Crippen LogP contribution in [0.1, 0.15) is 22.5 Å². The Hall–Kier alpha value is -2.51. The fourth-order valence-corrected chi connectivity index (χ4v) is 2.76. The van der Waals surface area contributed by atoms with E-state index < -0.39 is 0 Å². The lowest BCUT2D eigenvalue weighted by atomic mass is 10.1. The van der Waals surface area contributed by atoms with Crippen molar-refractivity contribution < 1.29 is 14.3 Å². The number of carbonyl (C=O) groups is 1. The lowest BCUT2D eigenvalue weighted by molar-refractivity contribution is -0.0612. The minimum atomic E-state index is -0.200. The van der Waals surface area contributed by atoms with Crippen molar-refractivity contribution in [2.45, 2.75) is 25.2 Å². The first-order chi connectivity index (χ1) is 12.6. The zero-order chi connectivity index (χ0) is 18.4. The van der Waals surface area contributed by atoms with E-state index in [-0.39, 0.29) is 18.1 Å². The van der Waals surface area contributed by atoms with Crippen LogP contribution in [-0.2, 0) is 16.1 Å². The van der Waals surface area contributed by atoms with Gasteiger partial charge in [-0.25, -0.2) is 4.98 Å². The molecule has 1 aliphatic heterocycles. The summed E-state index contributed by atoms with van der Waals surface area (Å²) in [4.78, 5) is 23.0. The third-order valence-corrected chi connectivity index (χ3v) is 4.25. The van der Waals surface area contributed by atoms with Gasteiger partial charge in [0.15, 0.2) is 0 Å². The first kappa shape index (κ1) is 18.3. The molecule has 1 saturated heterocycles. The molecule has 2 atom stereocenters. The Labute approximate surface area is 153 Å². The lowest BCUT2D eigenvalue weighted by Crippen LogP contribution is -2.50. The summed E-state index contributed by atoms with van der Waals surface area (Å²) in [6, 6.07) is 9.11. The van der Waals surface area contributed by atoms with Gasteiger partial charge in [0.05, 0.1) is 36.6 Å². The fraction of sp³-hybridized carbons (Fsp3) is 0.421. The Morgan fingerprint density at radius 1 is 1.31 bits per heavy atom. The molecule has 1 N–H and O–H groups in total. The van der Waals surface area contributed by atoms with Crippen molar-refractivity contribution in [2.24, 2.45) is 0 Å². The largest absolute Gasteiger partial charge is 0.379 e. The van der Waals surface area contributed by atoms with Crippen molar-refractivity contribution in [3.8, 4) is 0 Å². The maximum Gasteiger partial charge on any atom is 0.253 e. The topological polar surface area (TPSA) is 76.6 Å². The maximum absolute atomic E-state index is 12.5. The molecule has 1 aliphatic rings. The number of nitrogens with zero attached hydrogens (tertiary/aromatic N) is 3. The minimum absolute atomic E-state index is 0.108. The normalized spacial score (nSPS) is 19.8. The molecule has 0 radical (unpaired) electrons.